The van der Waals surface area contributed by atoms with Crippen LogP contribution in [0.2, 0.25) is 0 Å². The van der Waals surface area contributed by atoms with Crippen molar-refractivity contribution < 1.29 is 0 Å². The van der Waals surface area contributed by atoms with Crippen molar-refractivity contribution in [2.24, 2.45) is 0 Å². The Balaban J connectivity index is 2.08. The van der Waals surface area contributed by atoms with Gasteiger partial charge < -0.3 is 0 Å². The molecule has 40 valence electrons. The minimum absolute atomic E-state index is 0.773. The van der Waals surface area contributed by atoms with Gasteiger partial charge in [-0.3, -0.25) is 10.2 Å². The third-order valence-electron chi connectivity index (χ3n) is 1.87. The molecular weight excluding hydrogens is 88.1 g/mol. The van der Waals surface area contributed by atoms with Crippen LogP contribution in [-0.4, -0.2) is 30.2 Å². The fourth-order valence-corrected chi connectivity index (χ4v) is 1.25. The lowest BCUT2D eigenvalue weighted by atomic mass is 10.4. The van der Waals surface area contributed by atoms with Gasteiger partial charge in [0.05, 0.1) is 6.17 Å². The first-order chi connectivity index (χ1) is 3.38. The Kier molecular flexibility index (Phi) is 0.557. The summed E-state index contributed by atoms with van der Waals surface area (Å²) in [5, 5.41) is 3.37. The molecule has 0 bridgehead atoms. The molecule has 0 aromatic carbocycles. The van der Waals surface area contributed by atoms with Crippen molar-refractivity contribution in [2.75, 3.05) is 13.1 Å². The van der Waals surface area contributed by atoms with Crippen LogP contribution in [0, 0.1) is 0 Å². The first kappa shape index (κ1) is 3.87. The highest BCUT2D eigenvalue weighted by Gasteiger charge is 2.42. The molecule has 2 aliphatic rings. The quantitative estimate of drug-likeness (QED) is 0.415. The maximum absolute atomic E-state index is 3.37. The van der Waals surface area contributed by atoms with E-state index in [1.54, 1.807) is 0 Å². The van der Waals surface area contributed by atoms with E-state index in [0.717, 1.165) is 12.2 Å². The standard InChI is InChI=1S/C5H10N2/c1-4-2-6-5-3-7(4)5/h4-6H,2-3H2,1H3/t4-,5-,7?/m0/s1. The van der Waals surface area contributed by atoms with Crippen LogP contribution in [0.4, 0.5) is 0 Å². The van der Waals surface area contributed by atoms with Gasteiger partial charge in [0.15, 0.2) is 0 Å². The average Bonchev–Trinajstić information content (AvgIpc) is 2.33. The predicted octanol–water partition coefficient (Wildman–Crippen LogP) is -0.380. The Bertz CT molecular complexity index is 92.1. The van der Waals surface area contributed by atoms with Crippen LogP contribution in [0.15, 0.2) is 0 Å². The average molecular weight is 98.1 g/mol. The van der Waals surface area contributed by atoms with E-state index in [2.05, 4.69) is 17.1 Å². The van der Waals surface area contributed by atoms with E-state index in [1.165, 1.54) is 13.1 Å². The topological polar surface area (TPSA) is 15.0 Å². The molecule has 0 saturated carbocycles. The van der Waals surface area contributed by atoms with Crippen molar-refractivity contribution in [2.45, 2.75) is 19.1 Å². The highest BCUT2D eigenvalue weighted by Crippen LogP contribution is 2.23. The van der Waals surface area contributed by atoms with Gasteiger partial charge in [-0.2, -0.15) is 0 Å². The van der Waals surface area contributed by atoms with E-state index in [-0.39, 0.29) is 0 Å². The van der Waals surface area contributed by atoms with Crippen LogP contribution in [0.1, 0.15) is 6.92 Å². The summed E-state index contributed by atoms with van der Waals surface area (Å²) >= 11 is 0. The smallest absolute Gasteiger partial charge is 0.0733 e. The van der Waals surface area contributed by atoms with Gasteiger partial charge in [0.1, 0.15) is 0 Å². The monoisotopic (exact) mass is 98.1 g/mol. The Labute approximate surface area is 43.5 Å². The van der Waals surface area contributed by atoms with Gasteiger partial charge >= 0.3 is 0 Å². The van der Waals surface area contributed by atoms with E-state index < -0.39 is 0 Å². The third-order valence-corrected chi connectivity index (χ3v) is 1.87. The maximum atomic E-state index is 3.37. The van der Waals surface area contributed by atoms with Crippen molar-refractivity contribution >= 4 is 0 Å². The van der Waals surface area contributed by atoms with Crippen LogP contribution in [0.5, 0.6) is 0 Å². The largest absolute Gasteiger partial charge is 0.299 e. The lowest BCUT2D eigenvalue weighted by molar-refractivity contribution is 0.474. The second-order valence-corrected chi connectivity index (χ2v) is 2.47. The molecule has 0 radical (unpaired) electrons. The van der Waals surface area contributed by atoms with Crippen LogP contribution in [0.25, 0.3) is 0 Å². The van der Waals surface area contributed by atoms with Gasteiger partial charge in [-0.05, 0) is 6.92 Å². The minimum Gasteiger partial charge on any atom is -0.299 e. The zero-order valence-corrected chi connectivity index (χ0v) is 4.52. The zero-order valence-electron chi connectivity index (χ0n) is 4.52. The number of hydrogen-bond acceptors (Lipinski definition) is 2. The molecule has 2 heteroatoms. The molecule has 2 heterocycles. The summed E-state index contributed by atoms with van der Waals surface area (Å²) in [5.74, 6) is 0. The number of fused-ring (bicyclic) bond motifs is 1. The van der Waals surface area contributed by atoms with Crippen LogP contribution in [-0.2, 0) is 0 Å². The zero-order chi connectivity index (χ0) is 4.85. The fraction of sp³-hybridized carbons (Fsp3) is 1.00. The lowest BCUT2D eigenvalue weighted by Gasteiger charge is -2.00. The van der Waals surface area contributed by atoms with Crippen LogP contribution < -0.4 is 5.32 Å². The Morgan fingerprint density at radius 1 is 1.71 bits per heavy atom. The Morgan fingerprint density at radius 2 is 2.57 bits per heavy atom. The van der Waals surface area contributed by atoms with E-state index in [0.29, 0.717) is 0 Å². The summed E-state index contributed by atoms with van der Waals surface area (Å²) in [6, 6.07) is 0.810. The van der Waals surface area contributed by atoms with E-state index in [9.17, 15) is 0 Å². The SMILES string of the molecule is C[C@H]1CN[C@@H]2CN12. The highest BCUT2D eigenvalue weighted by molar-refractivity contribution is 4.97. The van der Waals surface area contributed by atoms with Crippen molar-refractivity contribution in [3.63, 3.8) is 0 Å². The maximum Gasteiger partial charge on any atom is 0.0733 e. The predicted molar refractivity (Wildman–Crippen MR) is 28.0 cm³/mol. The lowest BCUT2D eigenvalue weighted by Crippen LogP contribution is -2.19. The van der Waals surface area contributed by atoms with Crippen molar-refractivity contribution in [3.8, 4) is 0 Å². The van der Waals surface area contributed by atoms with E-state index in [4.69, 9.17) is 0 Å². The molecule has 2 fully saturated rings. The summed E-state index contributed by atoms with van der Waals surface area (Å²) in [6.45, 7) is 4.76. The molecule has 0 spiro atoms. The van der Waals surface area contributed by atoms with Crippen LogP contribution >= 0.6 is 0 Å². The molecule has 2 rings (SSSR count). The van der Waals surface area contributed by atoms with Crippen molar-refractivity contribution in [1.82, 2.24) is 10.2 Å². The summed E-state index contributed by atoms with van der Waals surface area (Å²) < 4.78 is 0. The third kappa shape index (κ3) is 0.409. The number of nitrogens with one attached hydrogen (secondary N) is 1. The molecule has 0 aromatic rings. The van der Waals surface area contributed by atoms with Gasteiger partial charge in [-0.15, -0.1) is 0 Å². The summed E-state index contributed by atoms with van der Waals surface area (Å²) in [5.41, 5.74) is 0. The Hall–Kier alpha value is -0.0800. The summed E-state index contributed by atoms with van der Waals surface area (Å²) in [4.78, 5) is 2.46. The van der Waals surface area contributed by atoms with Gasteiger partial charge in [-0.25, -0.2) is 0 Å². The Morgan fingerprint density at radius 3 is 2.71 bits per heavy atom. The molecular formula is C5H10N2. The number of rotatable bonds is 0. The molecule has 3 atom stereocenters. The van der Waals surface area contributed by atoms with Crippen molar-refractivity contribution in [3.05, 3.63) is 0 Å². The molecule has 1 N–H and O–H groups in total. The van der Waals surface area contributed by atoms with Gasteiger partial charge in [0, 0.05) is 19.1 Å². The molecule has 0 amide bonds. The van der Waals surface area contributed by atoms with Gasteiger partial charge in [0.25, 0.3) is 0 Å². The van der Waals surface area contributed by atoms with Gasteiger partial charge in [-0.1, -0.05) is 0 Å². The first-order valence-corrected chi connectivity index (χ1v) is 2.87. The summed E-state index contributed by atoms with van der Waals surface area (Å²) in [6.07, 6.45) is 0.773. The molecule has 1 unspecified atom stereocenters. The molecule has 0 aromatic heterocycles. The van der Waals surface area contributed by atoms with E-state index >= 15 is 0 Å². The second kappa shape index (κ2) is 1.01. The first-order valence-electron chi connectivity index (χ1n) is 2.87. The normalized spacial score (nSPS) is 57.0. The minimum atomic E-state index is 0.773. The number of nitrogens with zero attached hydrogens (tertiary/aromatic N) is 1. The van der Waals surface area contributed by atoms with Gasteiger partial charge in [0.2, 0.25) is 0 Å². The number of piperazine rings is 1. The molecule has 2 saturated heterocycles. The molecule has 2 aliphatic heterocycles. The van der Waals surface area contributed by atoms with Crippen molar-refractivity contribution in [1.29, 1.82) is 0 Å². The molecule has 7 heavy (non-hydrogen) atoms. The summed E-state index contributed by atoms with van der Waals surface area (Å²) in [7, 11) is 0. The fourth-order valence-electron chi connectivity index (χ4n) is 1.25. The van der Waals surface area contributed by atoms with E-state index in [1.807, 2.05) is 0 Å². The van der Waals surface area contributed by atoms with Crippen LogP contribution in [0.3, 0.4) is 0 Å². The molecule has 2 nitrogen and oxygen atoms in total. The second-order valence-electron chi connectivity index (χ2n) is 2.47. The number of hydrogen-bond donors (Lipinski definition) is 1. The highest BCUT2D eigenvalue weighted by atomic mass is 15.5. The molecule has 0 aliphatic carbocycles.